The first-order valence-electron chi connectivity index (χ1n) is 9.39. The van der Waals surface area contributed by atoms with Crippen molar-refractivity contribution in [2.24, 2.45) is 5.92 Å². The summed E-state index contributed by atoms with van der Waals surface area (Å²) in [5.41, 5.74) is 1.30. The molecule has 2 amide bonds. The van der Waals surface area contributed by atoms with Crippen LogP contribution in [0.2, 0.25) is 0 Å². The van der Waals surface area contributed by atoms with Crippen molar-refractivity contribution in [3.63, 3.8) is 0 Å². The smallest absolute Gasteiger partial charge is 0.251 e. The van der Waals surface area contributed by atoms with Gasteiger partial charge < -0.3 is 20.7 Å². The van der Waals surface area contributed by atoms with Crippen molar-refractivity contribution in [3.8, 4) is 0 Å². The van der Waals surface area contributed by atoms with Crippen molar-refractivity contribution < 1.29 is 14.3 Å². The molecule has 1 heterocycles. The molecule has 2 aliphatic rings. The average Bonchev–Trinajstić information content (AvgIpc) is 3.47. The molecular formula is C19H30Cl2N4O3. The summed E-state index contributed by atoms with van der Waals surface area (Å²) in [6, 6.07) is 6.99. The first kappa shape index (κ1) is 24.7. The zero-order valence-electron chi connectivity index (χ0n) is 15.9. The van der Waals surface area contributed by atoms with E-state index in [0.717, 1.165) is 45.3 Å². The molecule has 3 N–H and O–H groups in total. The van der Waals surface area contributed by atoms with E-state index in [4.69, 9.17) is 4.74 Å². The number of carbonyl (C=O) groups excluding carboxylic acids is 2. The molecule has 0 radical (unpaired) electrons. The Kier molecular flexibility index (Phi) is 11.4. The molecule has 0 bridgehead atoms. The van der Waals surface area contributed by atoms with E-state index in [9.17, 15) is 9.59 Å². The van der Waals surface area contributed by atoms with Crippen LogP contribution in [0.5, 0.6) is 0 Å². The van der Waals surface area contributed by atoms with E-state index in [0.29, 0.717) is 24.3 Å². The summed E-state index contributed by atoms with van der Waals surface area (Å²) in [5.74, 6) is 0.597. The number of hydrogen-bond acceptors (Lipinski definition) is 5. The Balaban J connectivity index is 0.00000196. The molecule has 1 aromatic rings. The van der Waals surface area contributed by atoms with Gasteiger partial charge in [-0.25, -0.2) is 0 Å². The summed E-state index contributed by atoms with van der Waals surface area (Å²) in [4.78, 5) is 26.3. The molecule has 1 aliphatic heterocycles. The molecule has 1 aromatic carbocycles. The predicted molar refractivity (Wildman–Crippen MR) is 115 cm³/mol. The number of morpholine rings is 1. The van der Waals surface area contributed by atoms with Crippen molar-refractivity contribution in [2.75, 3.05) is 57.8 Å². The van der Waals surface area contributed by atoms with Gasteiger partial charge in [-0.3, -0.25) is 14.5 Å². The molecular weight excluding hydrogens is 403 g/mol. The molecule has 0 spiro atoms. The van der Waals surface area contributed by atoms with Crippen molar-refractivity contribution in [1.82, 2.24) is 15.5 Å². The van der Waals surface area contributed by atoms with Gasteiger partial charge in [0.15, 0.2) is 0 Å². The van der Waals surface area contributed by atoms with Crippen LogP contribution in [0.25, 0.3) is 0 Å². The van der Waals surface area contributed by atoms with Gasteiger partial charge in [0.2, 0.25) is 5.91 Å². The highest BCUT2D eigenvalue weighted by Gasteiger charge is 2.20. The Morgan fingerprint density at radius 2 is 1.75 bits per heavy atom. The second-order valence-corrected chi connectivity index (χ2v) is 6.91. The molecule has 158 valence electrons. The van der Waals surface area contributed by atoms with E-state index in [1.165, 1.54) is 12.8 Å². The third-order valence-corrected chi connectivity index (χ3v) is 4.66. The largest absolute Gasteiger partial charge is 0.379 e. The van der Waals surface area contributed by atoms with Gasteiger partial charge in [-0.15, -0.1) is 24.8 Å². The van der Waals surface area contributed by atoms with Gasteiger partial charge in [0.05, 0.1) is 19.8 Å². The maximum absolute atomic E-state index is 12.2. The highest BCUT2D eigenvalue weighted by Crippen LogP contribution is 2.27. The Morgan fingerprint density at radius 3 is 2.39 bits per heavy atom. The normalized spacial score (nSPS) is 16.4. The van der Waals surface area contributed by atoms with E-state index >= 15 is 0 Å². The summed E-state index contributed by atoms with van der Waals surface area (Å²) in [6.07, 6.45) is 2.54. The number of amides is 2. The lowest BCUT2D eigenvalue weighted by atomic mass is 10.2. The molecule has 0 atom stereocenters. The predicted octanol–water partition coefficient (Wildman–Crippen LogP) is 1.53. The van der Waals surface area contributed by atoms with Crippen molar-refractivity contribution in [3.05, 3.63) is 29.8 Å². The molecule has 1 saturated carbocycles. The van der Waals surface area contributed by atoms with Crippen LogP contribution in [0.15, 0.2) is 24.3 Å². The van der Waals surface area contributed by atoms with E-state index in [2.05, 4.69) is 20.9 Å². The quantitative estimate of drug-likeness (QED) is 0.550. The number of nitrogens with one attached hydrogen (secondary N) is 3. The van der Waals surface area contributed by atoms with E-state index in [1.54, 1.807) is 24.3 Å². The van der Waals surface area contributed by atoms with Gasteiger partial charge in [-0.1, -0.05) is 0 Å². The number of halogens is 2. The SMILES string of the molecule is Cl.Cl.O=C(CNCC1CC1)Nc1ccc(C(=O)NCCN2CCOCC2)cc1. The lowest BCUT2D eigenvalue weighted by molar-refractivity contribution is -0.115. The van der Waals surface area contributed by atoms with Crippen molar-refractivity contribution in [2.45, 2.75) is 12.8 Å². The maximum atomic E-state index is 12.2. The minimum atomic E-state index is -0.0952. The second kappa shape index (κ2) is 13.0. The van der Waals surface area contributed by atoms with E-state index < -0.39 is 0 Å². The molecule has 28 heavy (non-hydrogen) atoms. The minimum absolute atomic E-state index is 0. The number of nitrogens with zero attached hydrogens (tertiary/aromatic N) is 1. The molecule has 1 aliphatic carbocycles. The number of rotatable bonds is 9. The summed E-state index contributed by atoms with van der Waals surface area (Å²) in [5, 5.41) is 8.93. The van der Waals surface area contributed by atoms with Crippen LogP contribution >= 0.6 is 24.8 Å². The fourth-order valence-corrected chi connectivity index (χ4v) is 2.88. The Morgan fingerprint density at radius 1 is 1.07 bits per heavy atom. The fraction of sp³-hybridized carbons (Fsp3) is 0.579. The molecule has 3 rings (SSSR count). The third kappa shape index (κ3) is 8.75. The zero-order chi connectivity index (χ0) is 18.2. The number of hydrogen-bond donors (Lipinski definition) is 3. The highest BCUT2D eigenvalue weighted by atomic mass is 35.5. The molecule has 0 aromatic heterocycles. The Bertz CT molecular complexity index is 606. The summed E-state index contributed by atoms with van der Waals surface area (Å²) in [6.45, 7) is 6.03. The topological polar surface area (TPSA) is 82.7 Å². The average molecular weight is 433 g/mol. The third-order valence-electron chi connectivity index (χ3n) is 4.66. The number of anilines is 1. The molecule has 0 unspecified atom stereocenters. The fourth-order valence-electron chi connectivity index (χ4n) is 2.88. The van der Waals surface area contributed by atoms with Crippen LogP contribution in [0.4, 0.5) is 5.69 Å². The first-order valence-corrected chi connectivity index (χ1v) is 9.39. The van der Waals surface area contributed by atoms with Crippen molar-refractivity contribution >= 4 is 42.3 Å². The first-order chi connectivity index (χ1) is 12.7. The summed E-state index contributed by atoms with van der Waals surface area (Å²) < 4.78 is 5.31. The number of benzene rings is 1. The van der Waals surface area contributed by atoms with Gasteiger partial charge >= 0.3 is 0 Å². The van der Waals surface area contributed by atoms with E-state index in [-0.39, 0.29) is 36.6 Å². The standard InChI is InChI=1S/C19H28N4O3.2ClH/c24-18(14-20-13-15-1-2-15)22-17-5-3-16(4-6-17)19(25)21-7-8-23-9-11-26-12-10-23;;/h3-6,15,20H,1-2,7-14H2,(H,21,25)(H,22,24);2*1H. The van der Waals surface area contributed by atoms with Gasteiger partial charge in [-0.2, -0.15) is 0 Å². The minimum Gasteiger partial charge on any atom is -0.379 e. The number of ether oxygens (including phenoxy) is 1. The van der Waals surface area contributed by atoms with Crippen LogP contribution in [0.1, 0.15) is 23.2 Å². The lowest BCUT2D eigenvalue weighted by Gasteiger charge is -2.26. The van der Waals surface area contributed by atoms with E-state index in [1.807, 2.05) is 0 Å². The zero-order valence-corrected chi connectivity index (χ0v) is 17.6. The van der Waals surface area contributed by atoms with Gasteiger partial charge in [0, 0.05) is 37.4 Å². The molecule has 2 fully saturated rings. The lowest BCUT2D eigenvalue weighted by Crippen LogP contribution is -2.41. The van der Waals surface area contributed by atoms with Crippen LogP contribution in [-0.4, -0.2) is 69.2 Å². The summed E-state index contributed by atoms with van der Waals surface area (Å²) >= 11 is 0. The Labute approximate surface area is 178 Å². The Hall–Kier alpha value is -1.38. The maximum Gasteiger partial charge on any atom is 0.251 e. The summed E-state index contributed by atoms with van der Waals surface area (Å²) in [7, 11) is 0. The molecule has 7 nitrogen and oxygen atoms in total. The van der Waals surface area contributed by atoms with Crippen LogP contribution in [0, 0.1) is 5.92 Å². The molecule has 9 heteroatoms. The van der Waals surface area contributed by atoms with Crippen LogP contribution in [0.3, 0.4) is 0 Å². The highest BCUT2D eigenvalue weighted by molar-refractivity contribution is 5.96. The second-order valence-electron chi connectivity index (χ2n) is 6.91. The van der Waals surface area contributed by atoms with Gasteiger partial charge in [-0.05, 0) is 49.6 Å². The van der Waals surface area contributed by atoms with Crippen molar-refractivity contribution in [1.29, 1.82) is 0 Å². The van der Waals surface area contributed by atoms with Gasteiger partial charge in [0.1, 0.15) is 0 Å². The van der Waals surface area contributed by atoms with Crippen LogP contribution in [-0.2, 0) is 9.53 Å². The monoisotopic (exact) mass is 432 g/mol. The number of carbonyl (C=O) groups is 2. The van der Waals surface area contributed by atoms with Gasteiger partial charge in [0.25, 0.3) is 5.91 Å². The molecule has 1 saturated heterocycles. The van der Waals surface area contributed by atoms with Crippen LogP contribution < -0.4 is 16.0 Å².